The minimum Gasteiger partial charge on any atom is -0.452 e. The molecular weight excluding hydrogens is 370 g/mol. The first kappa shape index (κ1) is 19.5. The molecule has 1 saturated heterocycles. The van der Waals surface area contributed by atoms with Crippen molar-refractivity contribution in [3.8, 4) is 0 Å². The molecule has 0 N–H and O–H groups in total. The lowest BCUT2D eigenvalue weighted by molar-refractivity contribution is 0.0429. The van der Waals surface area contributed by atoms with Crippen molar-refractivity contribution < 1.29 is 22.5 Å². The van der Waals surface area contributed by atoms with Crippen LogP contribution in [0.15, 0.2) is 33.7 Å². The fourth-order valence-corrected chi connectivity index (χ4v) is 5.07. The number of carbonyl (C=O) groups is 1. The molecule has 146 valence electrons. The van der Waals surface area contributed by atoms with Crippen LogP contribution in [0.3, 0.4) is 0 Å². The Morgan fingerprint density at radius 3 is 2.63 bits per heavy atom. The summed E-state index contributed by atoms with van der Waals surface area (Å²) < 4.78 is 37.5. The summed E-state index contributed by atoms with van der Waals surface area (Å²) in [5.41, 5.74) is 0.158. The summed E-state index contributed by atoms with van der Waals surface area (Å²) in [4.78, 5) is 16.3. The minimum atomic E-state index is -3.66. The van der Waals surface area contributed by atoms with Crippen molar-refractivity contribution in [2.24, 2.45) is 11.8 Å². The SMILES string of the molecule is Cc1noc(COC(=O)c2cccc(S(=O)(=O)N3C[C@H](C)C[C@@H](C)C3)c2)n1. The van der Waals surface area contributed by atoms with Gasteiger partial charge in [-0.15, -0.1) is 0 Å². The highest BCUT2D eigenvalue weighted by atomic mass is 32.2. The second-order valence-electron chi connectivity index (χ2n) is 7.11. The quantitative estimate of drug-likeness (QED) is 0.719. The van der Waals surface area contributed by atoms with Crippen LogP contribution >= 0.6 is 0 Å². The van der Waals surface area contributed by atoms with E-state index in [9.17, 15) is 13.2 Å². The van der Waals surface area contributed by atoms with Crippen molar-refractivity contribution in [1.29, 1.82) is 0 Å². The molecule has 0 unspecified atom stereocenters. The molecule has 1 aliphatic rings. The van der Waals surface area contributed by atoms with Gasteiger partial charge in [0.2, 0.25) is 10.0 Å². The molecule has 2 aromatic rings. The zero-order chi connectivity index (χ0) is 19.6. The largest absolute Gasteiger partial charge is 0.452 e. The van der Waals surface area contributed by atoms with Gasteiger partial charge in [0.1, 0.15) is 0 Å². The van der Waals surface area contributed by atoms with E-state index in [2.05, 4.69) is 10.1 Å². The third kappa shape index (κ3) is 4.54. The number of aryl methyl sites for hydroxylation is 1. The molecule has 0 bridgehead atoms. The summed E-state index contributed by atoms with van der Waals surface area (Å²) >= 11 is 0. The van der Waals surface area contributed by atoms with Gasteiger partial charge in [-0.1, -0.05) is 25.1 Å². The van der Waals surface area contributed by atoms with Crippen molar-refractivity contribution in [2.75, 3.05) is 13.1 Å². The monoisotopic (exact) mass is 393 g/mol. The molecule has 3 rings (SSSR count). The maximum absolute atomic E-state index is 13.0. The molecule has 2 heterocycles. The van der Waals surface area contributed by atoms with E-state index in [1.54, 1.807) is 6.92 Å². The first-order valence-corrected chi connectivity index (χ1v) is 10.3. The summed E-state index contributed by atoms with van der Waals surface area (Å²) in [7, 11) is -3.66. The molecule has 27 heavy (non-hydrogen) atoms. The van der Waals surface area contributed by atoms with E-state index in [4.69, 9.17) is 9.26 Å². The summed E-state index contributed by atoms with van der Waals surface area (Å²) in [6, 6.07) is 5.90. The number of rotatable bonds is 5. The van der Waals surface area contributed by atoms with Gasteiger partial charge >= 0.3 is 5.97 Å². The van der Waals surface area contributed by atoms with Crippen molar-refractivity contribution in [2.45, 2.75) is 38.7 Å². The number of benzene rings is 1. The van der Waals surface area contributed by atoms with Crippen LogP contribution in [-0.2, 0) is 21.4 Å². The van der Waals surface area contributed by atoms with Crippen LogP contribution in [0.2, 0.25) is 0 Å². The zero-order valence-electron chi connectivity index (χ0n) is 15.6. The second-order valence-corrected chi connectivity index (χ2v) is 9.05. The molecule has 2 atom stereocenters. The third-order valence-electron chi connectivity index (χ3n) is 4.44. The average Bonchev–Trinajstić information content (AvgIpc) is 3.04. The van der Waals surface area contributed by atoms with Gasteiger partial charge in [0, 0.05) is 13.1 Å². The Balaban J connectivity index is 1.75. The van der Waals surface area contributed by atoms with Crippen molar-refractivity contribution in [3.63, 3.8) is 0 Å². The normalized spacial score (nSPS) is 21.1. The molecule has 0 aliphatic carbocycles. The number of aromatic nitrogens is 2. The zero-order valence-corrected chi connectivity index (χ0v) is 16.4. The first-order chi connectivity index (χ1) is 12.8. The minimum absolute atomic E-state index is 0.0897. The number of esters is 1. The number of carbonyl (C=O) groups excluding carboxylic acids is 1. The molecule has 8 nitrogen and oxygen atoms in total. The Morgan fingerprint density at radius 1 is 1.30 bits per heavy atom. The second kappa shape index (κ2) is 7.77. The highest BCUT2D eigenvalue weighted by molar-refractivity contribution is 7.89. The lowest BCUT2D eigenvalue weighted by Gasteiger charge is -2.34. The van der Waals surface area contributed by atoms with E-state index in [1.165, 1.54) is 28.6 Å². The van der Waals surface area contributed by atoms with Gasteiger partial charge in [0.05, 0.1) is 10.5 Å². The van der Waals surface area contributed by atoms with Crippen LogP contribution in [0.4, 0.5) is 0 Å². The number of hydrogen-bond donors (Lipinski definition) is 0. The van der Waals surface area contributed by atoms with Crippen LogP contribution in [0.1, 0.15) is 42.3 Å². The highest BCUT2D eigenvalue weighted by Crippen LogP contribution is 2.27. The van der Waals surface area contributed by atoms with E-state index in [-0.39, 0.29) is 23.0 Å². The molecule has 9 heteroatoms. The Morgan fingerprint density at radius 2 is 2.00 bits per heavy atom. The summed E-state index contributed by atoms with van der Waals surface area (Å²) in [6.45, 7) is 6.55. The van der Waals surface area contributed by atoms with E-state index in [0.717, 1.165) is 6.42 Å². The summed E-state index contributed by atoms with van der Waals surface area (Å²) in [6.07, 6.45) is 1.01. The smallest absolute Gasteiger partial charge is 0.338 e. The van der Waals surface area contributed by atoms with Gasteiger partial charge in [0.25, 0.3) is 5.89 Å². The molecule has 1 aromatic carbocycles. The number of piperidine rings is 1. The van der Waals surface area contributed by atoms with Crippen LogP contribution in [0.25, 0.3) is 0 Å². The lowest BCUT2D eigenvalue weighted by atomic mass is 9.94. The predicted octanol–water partition coefficient (Wildman–Crippen LogP) is 2.40. The van der Waals surface area contributed by atoms with Gasteiger partial charge in [-0.05, 0) is 43.4 Å². The first-order valence-electron chi connectivity index (χ1n) is 8.82. The average molecular weight is 393 g/mol. The van der Waals surface area contributed by atoms with Crippen LogP contribution in [0, 0.1) is 18.8 Å². The molecule has 1 fully saturated rings. The maximum Gasteiger partial charge on any atom is 0.338 e. The van der Waals surface area contributed by atoms with E-state index in [1.807, 2.05) is 13.8 Å². The standard InChI is InChI=1S/C18H23N3O5S/c1-12-7-13(2)10-21(9-12)27(23,24)16-6-4-5-15(8-16)18(22)25-11-17-19-14(3)20-26-17/h4-6,8,12-13H,7,9-11H2,1-3H3/t12-,13-/m1/s1. The van der Waals surface area contributed by atoms with Gasteiger partial charge in [-0.3, -0.25) is 0 Å². The summed E-state index contributed by atoms with van der Waals surface area (Å²) in [5, 5.41) is 3.62. The Bertz CT molecular complexity index is 915. The van der Waals surface area contributed by atoms with Crippen LogP contribution in [0.5, 0.6) is 0 Å². The molecule has 1 aromatic heterocycles. The highest BCUT2D eigenvalue weighted by Gasteiger charge is 2.32. The fraction of sp³-hybridized carbons (Fsp3) is 0.500. The number of ether oxygens (including phenoxy) is 1. The molecule has 0 radical (unpaired) electrons. The Labute approximate surface area is 158 Å². The molecule has 0 spiro atoms. The Hall–Kier alpha value is -2.26. The fourth-order valence-electron chi connectivity index (χ4n) is 3.34. The molecular formula is C18H23N3O5S. The van der Waals surface area contributed by atoms with Gasteiger partial charge in [-0.2, -0.15) is 9.29 Å². The molecule has 0 saturated carbocycles. The van der Waals surface area contributed by atoms with Gasteiger partial charge in [0.15, 0.2) is 12.4 Å². The Kier molecular flexibility index (Phi) is 5.61. The van der Waals surface area contributed by atoms with Gasteiger partial charge < -0.3 is 9.26 Å². The molecule has 1 aliphatic heterocycles. The number of sulfonamides is 1. The predicted molar refractivity (Wildman–Crippen MR) is 96.3 cm³/mol. The van der Waals surface area contributed by atoms with Crippen molar-refractivity contribution in [3.05, 3.63) is 41.5 Å². The van der Waals surface area contributed by atoms with E-state index >= 15 is 0 Å². The third-order valence-corrected chi connectivity index (χ3v) is 6.27. The van der Waals surface area contributed by atoms with Crippen molar-refractivity contribution >= 4 is 16.0 Å². The van der Waals surface area contributed by atoms with E-state index < -0.39 is 16.0 Å². The summed E-state index contributed by atoms with van der Waals surface area (Å²) in [5.74, 6) is 0.576. The lowest BCUT2D eigenvalue weighted by Crippen LogP contribution is -2.42. The van der Waals surface area contributed by atoms with Crippen molar-refractivity contribution in [1.82, 2.24) is 14.4 Å². The molecule has 0 amide bonds. The number of nitrogens with zero attached hydrogens (tertiary/aromatic N) is 3. The topological polar surface area (TPSA) is 103 Å². The maximum atomic E-state index is 13.0. The van der Waals surface area contributed by atoms with Gasteiger partial charge in [-0.25, -0.2) is 13.2 Å². The van der Waals surface area contributed by atoms with Crippen LogP contribution in [-0.4, -0.2) is 41.9 Å². The van der Waals surface area contributed by atoms with Crippen LogP contribution < -0.4 is 0 Å². The van der Waals surface area contributed by atoms with E-state index in [0.29, 0.717) is 30.7 Å². The number of hydrogen-bond acceptors (Lipinski definition) is 7.